The van der Waals surface area contributed by atoms with Crippen molar-refractivity contribution in [1.29, 1.82) is 0 Å². The Labute approximate surface area is 134 Å². The first kappa shape index (κ1) is 16.4. The monoisotopic (exact) mass is 319 g/mol. The van der Waals surface area contributed by atoms with E-state index in [-0.39, 0.29) is 17.5 Å². The number of aromatic nitrogens is 2. The summed E-state index contributed by atoms with van der Waals surface area (Å²) in [5, 5.41) is 0.525. The zero-order valence-electron chi connectivity index (χ0n) is 13.3. The van der Waals surface area contributed by atoms with Gasteiger partial charge in [-0.1, -0.05) is 13.3 Å². The summed E-state index contributed by atoms with van der Waals surface area (Å²) in [7, 11) is 3.43. The van der Waals surface area contributed by atoms with Crippen LogP contribution < -0.4 is 5.56 Å². The molecule has 0 saturated heterocycles. The Morgan fingerprint density at radius 3 is 2.77 bits per heavy atom. The fraction of sp³-hybridized carbons (Fsp3) is 0.438. The number of hydrogen-bond acceptors (Lipinski definition) is 3. The Bertz CT molecular complexity index is 822. The molecule has 0 bridgehead atoms. The fourth-order valence-corrected chi connectivity index (χ4v) is 2.65. The van der Waals surface area contributed by atoms with E-state index >= 15 is 0 Å². The molecular weight excluding hydrogens is 298 g/mol. The van der Waals surface area contributed by atoms with E-state index in [4.69, 9.17) is 12.2 Å². The second-order valence-electron chi connectivity index (χ2n) is 5.61. The highest BCUT2D eigenvalue weighted by Crippen LogP contribution is 2.14. The van der Waals surface area contributed by atoms with Gasteiger partial charge in [-0.25, -0.2) is 0 Å². The lowest BCUT2D eigenvalue weighted by Gasteiger charge is -2.24. The van der Waals surface area contributed by atoms with E-state index in [9.17, 15) is 9.59 Å². The third-order valence-electron chi connectivity index (χ3n) is 4.04. The number of carbonyl (C=O) groups excluding carboxylic acids is 1. The number of H-pyrrole nitrogens is 1. The number of nitrogens with one attached hydrogen (secondary N) is 1. The quantitative estimate of drug-likeness (QED) is 0.882. The van der Waals surface area contributed by atoms with Gasteiger partial charge < -0.3 is 9.88 Å². The van der Waals surface area contributed by atoms with Crippen molar-refractivity contribution in [2.45, 2.75) is 32.7 Å². The van der Waals surface area contributed by atoms with Gasteiger partial charge in [0.25, 0.3) is 11.5 Å². The van der Waals surface area contributed by atoms with Crippen LogP contribution >= 0.6 is 12.2 Å². The van der Waals surface area contributed by atoms with E-state index in [1.54, 1.807) is 37.2 Å². The number of amides is 1. The lowest BCUT2D eigenvalue weighted by atomic mass is 10.1. The van der Waals surface area contributed by atoms with Crippen molar-refractivity contribution in [2.75, 3.05) is 7.05 Å². The third-order valence-corrected chi connectivity index (χ3v) is 4.41. The maximum absolute atomic E-state index is 12.5. The average molecular weight is 319 g/mol. The Morgan fingerprint density at radius 1 is 1.45 bits per heavy atom. The van der Waals surface area contributed by atoms with Crippen LogP contribution in [0.3, 0.4) is 0 Å². The molecule has 2 rings (SSSR count). The van der Waals surface area contributed by atoms with E-state index in [0.29, 0.717) is 21.2 Å². The van der Waals surface area contributed by atoms with Crippen LogP contribution in [0.4, 0.5) is 0 Å². The van der Waals surface area contributed by atoms with Crippen LogP contribution in [0, 0.1) is 4.77 Å². The molecule has 1 aromatic carbocycles. The molecule has 1 atom stereocenters. The van der Waals surface area contributed by atoms with Crippen LogP contribution in [-0.4, -0.2) is 33.4 Å². The summed E-state index contributed by atoms with van der Waals surface area (Å²) in [6, 6.07) is 5.24. The lowest BCUT2D eigenvalue weighted by Crippen LogP contribution is -2.35. The SMILES string of the molecule is CCCC(C)N(C)C(=O)c1ccc2c(=O)n(C)c(=S)[nH]c2c1. The minimum atomic E-state index is -0.162. The number of rotatable bonds is 4. The van der Waals surface area contributed by atoms with E-state index in [0.717, 1.165) is 12.8 Å². The largest absolute Gasteiger partial charge is 0.339 e. The topological polar surface area (TPSA) is 58.1 Å². The molecule has 0 saturated carbocycles. The summed E-state index contributed by atoms with van der Waals surface area (Å²) < 4.78 is 1.73. The van der Waals surface area contributed by atoms with E-state index in [2.05, 4.69) is 11.9 Å². The Kier molecular flexibility index (Phi) is 4.81. The van der Waals surface area contributed by atoms with Gasteiger partial charge in [-0.05, 0) is 43.8 Å². The highest BCUT2D eigenvalue weighted by molar-refractivity contribution is 7.71. The lowest BCUT2D eigenvalue weighted by molar-refractivity contribution is 0.0737. The standard InChI is InChI=1S/C16H21N3O2S/c1-5-6-10(2)18(3)14(20)11-7-8-12-13(9-11)17-16(22)19(4)15(12)21/h7-10H,5-6H2,1-4H3,(H,17,22). The first-order chi connectivity index (χ1) is 10.4. The zero-order chi connectivity index (χ0) is 16.4. The summed E-state index contributed by atoms with van der Waals surface area (Å²) in [6.45, 7) is 4.13. The first-order valence-corrected chi connectivity index (χ1v) is 7.77. The third kappa shape index (κ3) is 2.97. The molecule has 0 aliphatic carbocycles. The fourth-order valence-electron chi connectivity index (χ4n) is 2.45. The summed E-state index contributed by atoms with van der Waals surface area (Å²) in [6.07, 6.45) is 1.98. The number of aromatic amines is 1. The number of benzene rings is 1. The maximum atomic E-state index is 12.5. The molecule has 1 amide bonds. The second kappa shape index (κ2) is 6.44. The molecule has 2 aromatic rings. The van der Waals surface area contributed by atoms with Crippen molar-refractivity contribution in [3.63, 3.8) is 0 Å². The summed E-state index contributed by atoms with van der Waals surface area (Å²) in [5.41, 5.74) is 0.984. The summed E-state index contributed by atoms with van der Waals surface area (Å²) in [5.74, 6) is -0.0529. The van der Waals surface area contributed by atoms with Crippen molar-refractivity contribution in [1.82, 2.24) is 14.5 Å². The van der Waals surface area contributed by atoms with Gasteiger partial charge in [0.1, 0.15) is 0 Å². The van der Waals surface area contributed by atoms with E-state index < -0.39 is 0 Å². The molecule has 1 unspecified atom stereocenters. The Balaban J connectivity index is 2.46. The normalized spacial score (nSPS) is 12.4. The molecule has 0 radical (unpaired) electrons. The molecule has 1 N–H and O–H groups in total. The molecule has 118 valence electrons. The molecule has 0 spiro atoms. The van der Waals surface area contributed by atoms with Gasteiger partial charge in [-0.15, -0.1) is 0 Å². The second-order valence-corrected chi connectivity index (χ2v) is 6.00. The van der Waals surface area contributed by atoms with Crippen molar-refractivity contribution in [3.8, 4) is 0 Å². The molecule has 0 aliphatic heterocycles. The predicted molar refractivity (Wildman–Crippen MR) is 90.8 cm³/mol. The predicted octanol–water partition coefficient (Wildman–Crippen LogP) is 2.86. The van der Waals surface area contributed by atoms with Crippen molar-refractivity contribution < 1.29 is 4.79 Å². The van der Waals surface area contributed by atoms with Gasteiger partial charge in [0.05, 0.1) is 10.9 Å². The molecule has 0 fully saturated rings. The zero-order valence-corrected chi connectivity index (χ0v) is 14.2. The molecule has 5 nitrogen and oxygen atoms in total. The highest BCUT2D eigenvalue weighted by atomic mass is 32.1. The average Bonchev–Trinajstić information content (AvgIpc) is 2.51. The van der Waals surface area contributed by atoms with E-state index in [1.165, 1.54) is 4.57 Å². The Morgan fingerprint density at radius 2 is 2.14 bits per heavy atom. The minimum Gasteiger partial charge on any atom is -0.339 e. The van der Waals surface area contributed by atoms with Gasteiger partial charge in [0, 0.05) is 25.7 Å². The van der Waals surface area contributed by atoms with Crippen LogP contribution in [0.15, 0.2) is 23.0 Å². The summed E-state index contributed by atoms with van der Waals surface area (Å²) in [4.78, 5) is 29.4. The van der Waals surface area contributed by atoms with Gasteiger partial charge in [0.2, 0.25) is 0 Å². The molecule has 1 aromatic heterocycles. The van der Waals surface area contributed by atoms with E-state index in [1.807, 2.05) is 6.92 Å². The van der Waals surface area contributed by atoms with Crippen molar-refractivity contribution in [3.05, 3.63) is 38.9 Å². The van der Waals surface area contributed by atoms with Crippen LogP contribution in [0.1, 0.15) is 37.0 Å². The van der Waals surface area contributed by atoms with Crippen LogP contribution in [0.25, 0.3) is 10.9 Å². The Hall–Kier alpha value is -1.95. The van der Waals surface area contributed by atoms with Crippen LogP contribution in [0.5, 0.6) is 0 Å². The molecular formula is C16H21N3O2S. The molecule has 1 heterocycles. The van der Waals surface area contributed by atoms with Gasteiger partial charge in [-0.3, -0.25) is 14.2 Å². The number of carbonyl (C=O) groups is 1. The maximum Gasteiger partial charge on any atom is 0.261 e. The number of fused-ring (bicyclic) bond motifs is 1. The van der Waals surface area contributed by atoms with Crippen LogP contribution in [0.2, 0.25) is 0 Å². The van der Waals surface area contributed by atoms with Crippen molar-refractivity contribution in [2.24, 2.45) is 7.05 Å². The van der Waals surface area contributed by atoms with Gasteiger partial charge in [0.15, 0.2) is 4.77 Å². The number of nitrogens with zero attached hydrogens (tertiary/aromatic N) is 2. The smallest absolute Gasteiger partial charge is 0.261 e. The first-order valence-electron chi connectivity index (χ1n) is 7.37. The minimum absolute atomic E-state index is 0.0529. The van der Waals surface area contributed by atoms with Gasteiger partial charge in [-0.2, -0.15) is 0 Å². The van der Waals surface area contributed by atoms with Gasteiger partial charge >= 0.3 is 0 Å². The van der Waals surface area contributed by atoms with Crippen LogP contribution in [-0.2, 0) is 7.05 Å². The summed E-state index contributed by atoms with van der Waals surface area (Å²) >= 11 is 5.12. The van der Waals surface area contributed by atoms with Crippen molar-refractivity contribution >= 4 is 29.0 Å². The molecule has 0 aliphatic rings. The highest BCUT2D eigenvalue weighted by Gasteiger charge is 2.17. The number of hydrogen-bond donors (Lipinski definition) is 1. The molecule has 22 heavy (non-hydrogen) atoms. The molecule has 6 heteroatoms.